The van der Waals surface area contributed by atoms with Crippen LogP contribution in [-0.2, 0) is 8.53 Å². The molecule has 20 heavy (non-hydrogen) atoms. The molecule has 0 amide bonds. The first-order valence-corrected chi connectivity index (χ1v) is 6.65. The molecule has 0 saturated heterocycles. The topological polar surface area (TPSA) is 52.1 Å². The molecule has 0 spiro atoms. The van der Waals surface area contributed by atoms with Crippen molar-refractivity contribution in [3.05, 3.63) is 47.9 Å². The molecule has 0 fully saturated rings. The molecule has 0 unspecified atom stereocenters. The van der Waals surface area contributed by atoms with Gasteiger partial charge < -0.3 is 4.74 Å². The lowest BCUT2D eigenvalue weighted by molar-refractivity contribution is 0.0600. The molecule has 0 N–H and O–H groups in total. The van der Waals surface area contributed by atoms with Gasteiger partial charge in [-0.3, -0.25) is 0 Å². The monoisotopic (exact) mass is 330 g/mol. The van der Waals surface area contributed by atoms with Crippen LogP contribution in [0.15, 0.2) is 36.5 Å². The second kappa shape index (κ2) is 5.95. The van der Waals surface area contributed by atoms with E-state index in [1.54, 1.807) is 12.1 Å². The van der Waals surface area contributed by atoms with E-state index in [1.807, 2.05) is 18.2 Å². The Bertz CT molecular complexity index is 627. The molecule has 104 valence electrons. The van der Waals surface area contributed by atoms with Crippen molar-refractivity contribution in [1.29, 1.82) is 0 Å². The predicted molar refractivity (Wildman–Crippen MR) is 78.0 cm³/mol. The largest absolute Gasteiger partial charge is 0.465 e. The van der Waals surface area contributed by atoms with Crippen molar-refractivity contribution in [1.82, 2.24) is 9.97 Å². The van der Waals surface area contributed by atoms with Gasteiger partial charge in [-0.1, -0.05) is 65.1 Å². The quantitative estimate of drug-likeness (QED) is 0.621. The molecule has 0 bridgehead atoms. The molecule has 0 aliphatic heterocycles. The highest BCUT2D eigenvalue weighted by Crippen LogP contribution is 2.37. The van der Waals surface area contributed by atoms with Crippen LogP contribution in [0, 0.1) is 0 Å². The van der Waals surface area contributed by atoms with Crippen molar-refractivity contribution in [3.8, 4) is 11.3 Å². The maximum absolute atomic E-state index is 11.8. The number of alkyl halides is 3. The van der Waals surface area contributed by atoms with Crippen LogP contribution in [0.3, 0.4) is 0 Å². The summed E-state index contributed by atoms with van der Waals surface area (Å²) in [6.45, 7) is 0. The van der Waals surface area contributed by atoms with Gasteiger partial charge in [-0.25, -0.2) is 14.8 Å². The Morgan fingerprint density at radius 1 is 1.20 bits per heavy atom. The fourth-order valence-corrected chi connectivity index (χ4v) is 1.87. The third kappa shape index (κ3) is 3.20. The van der Waals surface area contributed by atoms with Crippen LogP contribution in [0.4, 0.5) is 0 Å². The van der Waals surface area contributed by atoms with E-state index in [-0.39, 0.29) is 11.4 Å². The number of esters is 1. The summed E-state index contributed by atoms with van der Waals surface area (Å²) >= 11 is 17.3. The summed E-state index contributed by atoms with van der Waals surface area (Å²) in [6, 6.07) is 9.05. The number of halogens is 3. The van der Waals surface area contributed by atoms with Crippen LogP contribution in [-0.4, -0.2) is 23.0 Å². The summed E-state index contributed by atoms with van der Waals surface area (Å²) < 4.78 is 2.94. The van der Waals surface area contributed by atoms with Crippen LogP contribution < -0.4 is 0 Å². The van der Waals surface area contributed by atoms with Crippen molar-refractivity contribution in [2.45, 2.75) is 3.79 Å². The Morgan fingerprint density at radius 2 is 1.85 bits per heavy atom. The summed E-state index contributed by atoms with van der Waals surface area (Å²) in [6.07, 6.45) is 1.29. The van der Waals surface area contributed by atoms with E-state index in [0.29, 0.717) is 11.3 Å². The molecule has 2 rings (SSSR count). The zero-order valence-electron chi connectivity index (χ0n) is 10.3. The van der Waals surface area contributed by atoms with Gasteiger partial charge in [0.05, 0.1) is 12.8 Å². The average Bonchev–Trinajstić information content (AvgIpc) is 2.46. The van der Waals surface area contributed by atoms with Gasteiger partial charge in [0.1, 0.15) is 5.56 Å². The van der Waals surface area contributed by atoms with Gasteiger partial charge in [0.15, 0.2) is 5.82 Å². The Kier molecular flexibility index (Phi) is 4.48. The number of ether oxygens (including phenoxy) is 1. The van der Waals surface area contributed by atoms with Crippen LogP contribution >= 0.6 is 34.8 Å². The number of benzene rings is 1. The summed E-state index contributed by atoms with van der Waals surface area (Å²) in [4.78, 5) is 19.8. The molecule has 0 radical (unpaired) electrons. The minimum absolute atomic E-state index is 0.00555. The molecule has 2 aromatic rings. The first kappa shape index (κ1) is 15.0. The molecule has 0 aliphatic rings. The Labute approximate surface area is 130 Å². The summed E-state index contributed by atoms with van der Waals surface area (Å²) in [7, 11) is 1.28. The van der Waals surface area contributed by atoms with Crippen molar-refractivity contribution in [2.24, 2.45) is 0 Å². The number of carbonyl (C=O) groups excluding carboxylic acids is 1. The highest BCUT2D eigenvalue weighted by atomic mass is 35.6. The molecular weight excluding hydrogens is 323 g/mol. The molecule has 4 nitrogen and oxygen atoms in total. The van der Waals surface area contributed by atoms with E-state index in [9.17, 15) is 4.79 Å². The highest BCUT2D eigenvalue weighted by Gasteiger charge is 2.29. The number of hydrogen-bond acceptors (Lipinski definition) is 4. The van der Waals surface area contributed by atoms with E-state index in [1.165, 1.54) is 13.3 Å². The minimum Gasteiger partial charge on any atom is -0.465 e. The first-order valence-electron chi connectivity index (χ1n) is 5.51. The lowest BCUT2D eigenvalue weighted by Crippen LogP contribution is -2.13. The number of methoxy groups -OCH3 is 1. The number of aromatic nitrogens is 2. The van der Waals surface area contributed by atoms with Crippen molar-refractivity contribution >= 4 is 40.8 Å². The summed E-state index contributed by atoms with van der Waals surface area (Å²) in [5.41, 5.74) is 1.26. The lowest BCUT2D eigenvalue weighted by Gasteiger charge is -2.13. The third-order valence-electron chi connectivity index (χ3n) is 2.49. The van der Waals surface area contributed by atoms with Gasteiger partial charge in [-0.2, -0.15) is 0 Å². The van der Waals surface area contributed by atoms with E-state index in [2.05, 4.69) is 9.97 Å². The van der Waals surface area contributed by atoms with Gasteiger partial charge in [0.25, 0.3) is 0 Å². The van der Waals surface area contributed by atoms with Crippen molar-refractivity contribution < 1.29 is 9.53 Å². The fourth-order valence-electron chi connectivity index (χ4n) is 1.59. The molecule has 1 aromatic carbocycles. The summed E-state index contributed by atoms with van der Waals surface area (Å²) in [5.74, 6) is -0.561. The standard InChI is InChI=1S/C13H9Cl3N2O2/c1-20-11(19)9-7-17-12(13(14,15)16)18-10(9)8-5-3-2-4-6-8/h2-7H,1H3. The SMILES string of the molecule is COC(=O)c1cnc(C(Cl)(Cl)Cl)nc1-c1ccccc1. The van der Waals surface area contributed by atoms with E-state index in [4.69, 9.17) is 39.5 Å². The fraction of sp³-hybridized carbons (Fsp3) is 0.154. The first-order chi connectivity index (χ1) is 9.43. The second-order valence-electron chi connectivity index (χ2n) is 3.81. The van der Waals surface area contributed by atoms with Crippen LogP contribution in [0.5, 0.6) is 0 Å². The van der Waals surface area contributed by atoms with E-state index in [0.717, 1.165) is 0 Å². The Hall–Kier alpha value is -1.36. The number of rotatable bonds is 2. The molecule has 1 heterocycles. The number of carbonyl (C=O) groups is 1. The lowest BCUT2D eigenvalue weighted by atomic mass is 10.1. The van der Waals surface area contributed by atoms with E-state index >= 15 is 0 Å². The number of nitrogens with zero attached hydrogens (tertiary/aromatic N) is 2. The molecule has 0 atom stereocenters. The predicted octanol–water partition coefficient (Wildman–Crippen LogP) is 3.76. The maximum atomic E-state index is 11.8. The molecule has 1 aromatic heterocycles. The van der Waals surface area contributed by atoms with Crippen molar-refractivity contribution in [3.63, 3.8) is 0 Å². The maximum Gasteiger partial charge on any atom is 0.341 e. The highest BCUT2D eigenvalue weighted by molar-refractivity contribution is 6.66. The van der Waals surface area contributed by atoms with Gasteiger partial charge in [-0.05, 0) is 0 Å². The van der Waals surface area contributed by atoms with Gasteiger partial charge >= 0.3 is 5.97 Å². The van der Waals surface area contributed by atoms with Crippen molar-refractivity contribution in [2.75, 3.05) is 7.11 Å². The van der Waals surface area contributed by atoms with Gasteiger partial charge in [0, 0.05) is 11.8 Å². The smallest absolute Gasteiger partial charge is 0.341 e. The molecular formula is C13H9Cl3N2O2. The zero-order chi connectivity index (χ0) is 14.8. The van der Waals surface area contributed by atoms with Gasteiger partial charge in [0.2, 0.25) is 3.79 Å². The summed E-state index contributed by atoms with van der Waals surface area (Å²) in [5, 5.41) is 0. The third-order valence-corrected chi connectivity index (χ3v) is 3.00. The average molecular weight is 332 g/mol. The minimum atomic E-state index is -1.77. The Balaban J connectivity index is 2.64. The van der Waals surface area contributed by atoms with Crippen LogP contribution in [0.25, 0.3) is 11.3 Å². The molecule has 0 aliphatic carbocycles. The van der Waals surface area contributed by atoms with Crippen LogP contribution in [0.1, 0.15) is 16.2 Å². The van der Waals surface area contributed by atoms with Gasteiger partial charge in [-0.15, -0.1) is 0 Å². The molecule has 0 saturated carbocycles. The zero-order valence-corrected chi connectivity index (χ0v) is 12.6. The second-order valence-corrected chi connectivity index (χ2v) is 6.09. The van der Waals surface area contributed by atoms with Crippen LogP contribution in [0.2, 0.25) is 0 Å². The Morgan fingerprint density at radius 3 is 2.40 bits per heavy atom. The normalized spacial score (nSPS) is 11.2. The number of hydrogen-bond donors (Lipinski definition) is 0. The molecule has 7 heteroatoms. The van der Waals surface area contributed by atoms with E-state index < -0.39 is 9.76 Å².